The highest BCUT2D eigenvalue weighted by atomic mass is 16.2. The number of nitrogens with one attached hydrogen (secondary N) is 2. The van der Waals surface area contributed by atoms with Gasteiger partial charge in [-0.2, -0.15) is 0 Å². The van der Waals surface area contributed by atoms with Gasteiger partial charge in [-0.25, -0.2) is 0 Å². The van der Waals surface area contributed by atoms with E-state index in [0.717, 1.165) is 22.4 Å². The predicted octanol–water partition coefficient (Wildman–Crippen LogP) is 2.27. The summed E-state index contributed by atoms with van der Waals surface area (Å²) in [7, 11) is 0. The molecule has 0 spiro atoms. The van der Waals surface area contributed by atoms with Crippen LogP contribution in [0, 0.1) is 6.92 Å². The van der Waals surface area contributed by atoms with Crippen LogP contribution in [0.25, 0.3) is 0 Å². The number of aryl methyl sites for hydroxylation is 1. The van der Waals surface area contributed by atoms with Gasteiger partial charge in [-0.05, 0) is 42.2 Å². The van der Waals surface area contributed by atoms with Gasteiger partial charge in [0.2, 0.25) is 11.8 Å². The number of fused-ring (bicyclic) bond motifs is 1. The zero-order valence-electron chi connectivity index (χ0n) is 15.5. The lowest BCUT2D eigenvalue weighted by Crippen LogP contribution is -2.42. The molecule has 3 rings (SSSR count). The third-order valence-electron chi connectivity index (χ3n) is 4.72. The number of carbonyl (C=O) groups is 3. The van der Waals surface area contributed by atoms with E-state index in [1.165, 1.54) is 6.92 Å². The summed E-state index contributed by atoms with van der Waals surface area (Å²) < 4.78 is 0. The molecule has 0 saturated carbocycles. The van der Waals surface area contributed by atoms with Gasteiger partial charge in [-0.3, -0.25) is 14.4 Å². The van der Waals surface area contributed by atoms with Crippen molar-refractivity contribution in [2.75, 3.05) is 18.4 Å². The van der Waals surface area contributed by atoms with Crippen LogP contribution in [0.4, 0.5) is 5.69 Å². The topological polar surface area (TPSA) is 78.5 Å². The molecule has 1 aliphatic heterocycles. The largest absolute Gasteiger partial charge is 0.343 e. The van der Waals surface area contributed by atoms with Gasteiger partial charge < -0.3 is 15.5 Å². The Kier molecular flexibility index (Phi) is 5.54. The number of nitrogens with zero attached hydrogens (tertiary/aromatic N) is 1. The minimum absolute atomic E-state index is 0.0338. The van der Waals surface area contributed by atoms with Gasteiger partial charge in [0.25, 0.3) is 5.91 Å². The number of carbonyl (C=O) groups excluding carboxylic acids is 3. The first-order chi connectivity index (χ1) is 13.0. The highest BCUT2D eigenvalue weighted by Crippen LogP contribution is 2.26. The summed E-state index contributed by atoms with van der Waals surface area (Å²) in [5.74, 6) is -0.472. The molecule has 0 fully saturated rings. The minimum atomic E-state index is -0.244. The molecular formula is C21H23N3O3. The van der Waals surface area contributed by atoms with Gasteiger partial charge in [0.1, 0.15) is 0 Å². The van der Waals surface area contributed by atoms with Gasteiger partial charge in [0.05, 0.1) is 6.54 Å². The summed E-state index contributed by atoms with van der Waals surface area (Å²) in [5.41, 5.74) is 4.35. The van der Waals surface area contributed by atoms with Crippen molar-refractivity contribution in [3.8, 4) is 0 Å². The maximum Gasteiger partial charge on any atom is 0.251 e. The van der Waals surface area contributed by atoms with E-state index in [9.17, 15) is 14.4 Å². The Morgan fingerprint density at radius 1 is 1.07 bits per heavy atom. The Morgan fingerprint density at radius 3 is 2.59 bits per heavy atom. The molecular weight excluding hydrogens is 342 g/mol. The highest BCUT2D eigenvalue weighted by molar-refractivity contribution is 5.97. The van der Waals surface area contributed by atoms with Crippen LogP contribution in [0.5, 0.6) is 0 Å². The fourth-order valence-electron chi connectivity index (χ4n) is 3.32. The predicted molar refractivity (Wildman–Crippen MR) is 103 cm³/mol. The van der Waals surface area contributed by atoms with E-state index >= 15 is 0 Å². The van der Waals surface area contributed by atoms with E-state index in [1.807, 2.05) is 37.3 Å². The number of hydrogen-bond donors (Lipinski definition) is 2. The monoisotopic (exact) mass is 365 g/mol. The summed E-state index contributed by atoms with van der Waals surface area (Å²) >= 11 is 0. The molecule has 0 radical (unpaired) electrons. The third-order valence-corrected chi connectivity index (χ3v) is 4.72. The third kappa shape index (κ3) is 4.34. The Labute approximate surface area is 158 Å². The molecule has 1 heterocycles. The van der Waals surface area contributed by atoms with Crippen LogP contribution < -0.4 is 10.6 Å². The van der Waals surface area contributed by atoms with Crippen molar-refractivity contribution < 1.29 is 14.4 Å². The smallest absolute Gasteiger partial charge is 0.251 e. The van der Waals surface area contributed by atoms with Gasteiger partial charge in [0, 0.05) is 31.3 Å². The minimum Gasteiger partial charge on any atom is -0.343 e. The number of benzene rings is 2. The van der Waals surface area contributed by atoms with Crippen molar-refractivity contribution in [3.05, 3.63) is 64.7 Å². The van der Waals surface area contributed by atoms with Crippen molar-refractivity contribution >= 4 is 23.4 Å². The summed E-state index contributed by atoms with van der Waals surface area (Å²) in [6.07, 6.45) is 0.670. The first-order valence-electron chi connectivity index (χ1n) is 8.95. The van der Waals surface area contributed by atoms with Gasteiger partial charge in [0.15, 0.2) is 0 Å². The lowest BCUT2D eigenvalue weighted by Gasteiger charge is -2.30. The molecule has 0 aliphatic carbocycles. The van der Waals surface area contributed by atoms with Crippen molar-refractivity contribution in [3.63, 3.8) is 0 Å². The van der Waals surface area contributed by atoms with Crippen LogP contribution in [-0.4, -0.2) is 35.7 Å². The average molecular weight is 365 g/mol. The Hall–Kier alpha value is -3.15. The Morgan fingerprint density at radius 2 is 1.85 bits per heavy atom. The molecule has 2 aromatic rings. The van der Waals surface area contributed by atoms with Gasteiger partial charge >= 0.3 is 0 Å². The zero-order chi connectivity index (χ0) is 19.4. The molecule has 140 valence electrons. The van der Waals surface area contributed by atoms with Crippen LogP contribution in [0.3, 0.4) is 0 Å². The van der Waals surface area contributed by atoms with Crippen molar-refractivity contribution in [1.82, 2.24) is 10.2 Å². The Balaban J connectivity index is 1.62. The lowest BCUT2D eigenvalue weighted by molar-refractivity contribution is -0.131. The van der Waals surface area contributed by atoms with Crippen molar-refractivity contribution in [2.45, 2.75) is 26.8 Å². The van der Waals surface area contributed by atoms with E-state index in [1.54, 1.807) is 17.0 Å². The maximum absolute atomic E-state index is 12.5. The molecule has 3 amide bonds. The first kappa shape index (κ1) is 18.6. The first-order valence-corrected chi connectivity index (χ1v) is 8.95. The molecule has 0 aromatic heterocycles. The van der Waals surface area contributed by atoms with Crippen LogP contribution in [0.1, 0.15) is 34.0 Å². The molecule has 6 nitrogen and oxygen atoms in total. The molecule has 0 unspecified atom stereocenters. The van der Waals surface area contributed by atoms with Crippen LogP contribution in [0.15, 0.2) is 42.5 Å². The molecule has 0 atom stereocenters. The lowest BCUT2D eigenvalue weighted by atomic mass is 9.97. The second-order valence-electron chi connectivity index (χ2n) is 6.69. The van der Waals surface area contributed by atoms with E-state index < -0.39 is 0 Å². The summed E-state index contributed by atoms with van der Waals surface area (Å²) in [6.45, 7) is 4.35. The molecule has 2 aromatic carbocycles. The van der Waals surface area contributed by atoms with Crippen molar-refractivity contribution in [1.29, 1.82) is 0 Å². The van der Waals surface area contributed by atoms with Crippen LogP contribution in [-0.2, 0) is 22.6 Å². The average Bonchev–Trinajstić information content (AvgIpc) is 2.65. The van der Waals surface area contributed by atoms with Gasteiger partial charge in [-0.1, -0.05) is 30.3 Å². The summed E-state index contributed by atoms with van der Waals surface area (Å²) in [4.78, 5) is 37.9. The number of hydrogen-bond acceptors (Lipinski definition) is 3. The zero-order valence-corrected chi connectivity index (χ0v) is 15.5. The standard InChI is InChI=1S/C21H23N3O3/c1-14-6-3-4-8-17(14)21(27)22-12-20(26)24-11-10-18-16(13-24)7-5-9-19(18)23-15(2)25/h3-9H,10-13H2,1-2H3,(H,22,27)(H,23,25). The molecule has 0 bridgehead atoms. The quantitative estimate of drug-likeness (QED) is 0.872. The fraction of sp³-hybridized carbons (Fsp3) is 0.286. The second-order valence-corrected chi connectivity index (χ2v) is 6.69. The Bertz CT molecular complexity index is 892. The molecule has 27 heavy (non-hydrogen) atoms. The number of rotatable bonds is 4. The second kappa shape index (κ2) is 8.03. The van der Waals surface area contributed by atoms with E-state index in [-0.39, 0.29) is 24.3 Å². The molecule has 1 aliphatic rings. The fourth-order valence-corrected chi connectivity index (χ4v) is 3.32. The van der Waals surface area contributed by atoms with Crippen molar-refractivity contribution in [2.24, 2.45) is 0 Å². The molecule has 6 heteroatoms. The van der Waals surface area contributed by atoms with E-state index in [0.29, 0.717) is 25.1 Å². The molecule has 2 N–H and O–H groups in total. The maximum atomic E-state index is 12.5. The normalized spacial score (nSPS) is 12.9. The van der Waals surface area contributed by atoms with E-state index in [4.69, 9.17) is 0 Å². The van der Waals surface area contributed by atoms with Crippen LogP contribution in [0.2, 0.25) is 0 Å². The summed E-state index contributed by atoms with van der Waals surface area (Å²) in [6, 6.07) is 13.0. The SMILES string of the molecule is CC(=O)Nc1cccc2c1CCN(C(=O)CNC(=O)c1ccccc1C)C2. The van der Waals surface area contributed by atoms with Crippen LogP contribution >= 0.6 is 0 Å². The number of anilines is 1. The number of amides is 3. The van der Waals surface area contributed by atoms with Gasteiger partial charge in [-0.15, -0.1) is 0 Å². The molecule has 0 saturated heterocycles. The summed E-state index contributed by atoms with van der Waals surface area (Å²) in [5, 5.41) is 5.55. The highest BCUT2D eigenvalue weighted by Gasteiger charge is 2.23. The van der Waals surface area contributed by atoms with E-state index in [2.05, 4.69) is 10.6 Å².